The molecule has 0 spiro atoms. The second kappa shape index (κ2) is 6.62. The first-order valence-electron chi connectivity index (χ1n) is 3.89. The predicted octanol–water partition coefficient (Wildman–Crippen LogP) is 0.397. The molecular formula is C7H12Cl2N4O2. The zero-order valence-corrected chi connectivity index (χ0v) is 9.56. The van der Waals surface area contributed by atoms with E-state index in [0.29, 0.717) is 11.0 Å². The maximum absolute atomic E-state index is 11.3. The van der Waals surface area contributed by atoms with Crippen molar-refractivity contribution in [2.75, 3.05) is 19.0 Å². The van der Waals surface area contributed by atoms with Crippen LogP contribution in [0, 0.1) is 0 Å². The van der Waals surface area contributed by atoms with E-state index in [1.165, 1.54) is 13.2 Å². The highest BCUT2D eigenvalue weighted by atomic mass is 35.5. The van der Waals surface area contributed by atoms with Gasteiger partial charge in [0.05, 0.1) is 6.61 Å². The third-order valence-corrected chi connectivity index (χ3v) is 1.67. The Labute approximate surface area is 97.9 Å². The maximum Gasteiger partial charge on any atom is 0.244 e. The number of methoxy groups -OCH3 is 1. The highest BCUT2D eigenvalue weighted by Gasteiger charge is 2.14. The lowest BCUT2D eigenvalue weighted by Gasteiger charge is -2.08. The third-order valence-electron chi connectivity index (χ3n) is 1.48. The van der Waals surface area contributed by atoms with Gasteiger partial charge >= 0.3 is 0 Å². The minimum absolute atomic E-state index is 0. The number of ether oxygens (including phenoxy) is 1. The fourth-order valence-corrected chi connectivity index (χ4v) is 0.982. The molecular weight excluding hydrogens is 243 g/mol. The van der Waals surface area contributed by atoms with Crippen LogP contribution in [0.4, 0.5) is 5.82 Å². The minimum Gasteiger partial charge on any atom is -0.383 e. The summed E-state index contributed by atoms with van der Waals surface area (Å²) in [4.78, 5) is 11.3. The molecule has 0 aliphatic carbocycles. The van der Waals surface area contributed by atoms with E-state index >= 15 is 0 Å². The van der Waals surface area contributed by atoms with Gasteiger partial charge in [0.1, 0.15) is 11.2 Å². The van der Waals surface area contributed by atoms with Crippen molar-refractivity contribution in [1.29, 1.82) is 0 Å². The largest absolute Gasteiger partial charge is 0.383 e. The molecule has 1 heterocycles. The Balaban J connectivity index is 0.00000196. The summed E-state index contributed by atoms with van der Waals surface area (Å²) in [6, 6.07) is 0.773. The molecule has 1 unspecified atom stereocenters. The minimum atomic E-state index is -0.713. The van der Waals surface area contributed by atoms with Gasteiger partial charge in [-0.2, -0.15) is 5.10 Å². The van der Waals surface area contributed by atoms with Crippen molar-refractivity contribution in [2.45, 2.75) is 6.04 Å². The average Bonchev–Trinajstić information content (AvgIpc) is 2.51. The molecule has 0 radical (unpaired) electrons. The number of aromatic nitrogens is 2. The molecule has 1 rings (SSSR count). The number of hydrogen-bond acceptors (Lipinski definition) is 4. The monoisotopic (exact) mass is 254 g/mol. The van der Waals surface area contributed by atoms with E-state index in [0.717, 1.165) is 0 Å². The van der Waals surface area contributed by atoms with E-state index in [4.69, 9.17) is 22.1 Å². The standard InChI is InChI=1S/C7H11ClN4O2.ClH/c1-14-3-4(9)7(13)10-6-2-5(8)11-12-6;/h2,4H,3,9H2,1H3,(H2,10,11,12,13);1H. The fraction of sp³-hybridized carbons (Fsp3) is 0.429. The van der Waals surface area contributed by atoms with E-state index in [2.05, 4.69) is 15.5 Å². The van der Waals surface area contributed by atoms with Gasteiger partial charge in [-0.3, -0.25) is 9.89 Å². The van der Waals surface area contributed by atoms with Gasteiger partial charge in [-0.25, -0.2) is 0 Å². The number of rotatable bonds is 4. The highest BCUT2D eigenvalue weighted by Crippen LogP contribution is 2.09. The zero-order chi connectivity index (χ0) is 10.6. The van der Waals surface area contributed by atoms with Crippen LogP contribution < -0.4 is 11.1 Å². The van der Waals surface area contributed by atoms with Crippen molar-refractivity contribution in [3.63, 3.8) is 0 Å². The summed E-state index contributed by atoms with van der Waals surface area (Å²) in [5, 5.41) is 9.01. The lowest BCUT2D eigenvalue weighted by Crippen LogP contribution is -2.39. The van der Waals surface area contributed by atoms with E-state index in [9.17, 15) is 4.79 Å². The van der Waals surface area contributed by atoms with Crippen LogP contribution in [-0.2, 0) is 9.53 Å². The van der Waals surface area contributed by atoms with E-state index in [-0.39, 0.29) is 24.9 Å². The molecule has 15 heavy (non-hydrogen) atoms. The first-order valence-corrected chi connectivity index (χ1v) is 4.27. The fourth-order valence-electron chi connectivity index (χ4n) is 0.836. The third kappa shape index (κ3) is 4.48. The Kier molecular flexibility index (Phi) is 6.26. The SMILES string of the molecule is COCC(N)C(=O)Nc1cc(Cl)[nH]n1.Cl. The first kappa shape index (κ1) is 14.2. The number of nitrogens with zero attached hydrogens (tertiary/aromatic N) is 1. The molecule has 0 aromatic carbocycles. The van der Waals surface area contributed by atoms with Crippen LogP contribution in [-0.4, -0.2) is 35.9 Å². The van der Waals surface area contributed by atoms with Crippen LogP contribution in [0.2, 0.25) is 5.15 Å². The van der Waals surface area contributed by atoms with Crippen LogP contribution in [0.25, 0.3) is 0 Å². The van der Waals surface area contributed by atoms with Crippen molar-refractivity contribution < 1.29 is 9.53 Å². The van der Waals surface area contributed by atoms with Gasteiger partial charge in [-0.05, 0) is 0 Å². The van der Waals surface area contributed by atoms with Crippen molar-refractivity contribution in [3.8, 4) is 0 Å². The van der Waals surface area contributed by atoms with Gasteiger partial charge < -0.3 is 15.8 Å². The Morgan fingerprint density at radius 2 is 2.53 bits per heavy atom. The molecule has 0 saturated heterocycles. The van der Waals surface area contributed by atoms with Gasteiger partial charge in [0, 0.05) is 13.2 Å². The summed E-state index contributed by atoms with van der Waals surface area (Å²) in [7, 11) is 1.47. The smallest absolute Gasteiger partial charge is 0.244 e. The van der Waals surface area contributed by atoms with Gasteiger partial charge in [0.2, 0.25) is 5.91 Å². The van der Waals surface area contributed by atoms with Gasteiger partial charge in [-0.15, -0.1) is 12.4 Å². The Bertz CT molecular complexity index is 318. The summed E-state index contributed by atoms with van der Waals surface area (Å²) in [5.41, 5.74) is 5.47. The Morgan fingerprint density at radius 3 is 3.00 bits per heavy atom. The Morgan fingerprint density at radius 1 is 1.87 bits per heavy atom. The molecule has 1 aromatic rings. The van der Waals surface area contributed by atoms with Crippen LogP contribution in [0.1, 0.15) is 0 Å². The summed E-state index contributed by atoms with van der Waals surface area (Å²) >= 11 is 5.56. The number of nitrogens with two attached hydrogens (primary N) is 1. The molecule has 4 N–H and O–H groups in total. The number of H-pyrrole nitrogens is 1. The average molecular weight is 255 g/mol. The molecule has 0 saturated carbocycles. The van der Waals surface area contributed by atoms with Crippen LogP contribution in [0.15, 0.2) is 6.07 Å². The molecule has 1 atom stereocenters. The lowest BCUT2D eigenvalue weighted by molar-refractivity contribution is -0.118. The number of halogens is 2. The van der Waals surface area contributed by atoms with E-state index in [1.54, 1.807) is 0 Å². The number of amides is 1. The molecule has 6 nitrogen and oxygen atoms in total. The molecule has 86 valence electrons. The molecule has 1 aromatic heterocycles. The summed E-state index contributed by atoms with van der Waals surface area (Å²) in [5.74, 6) is -0.0263. The summed E-state index contributed by atoms with van der Waals surface area (Å²) in [6.07, 6.45) is 0. The first-order chi connectivity index (χ1) is 6.63. The number of nitrogens with one attached hydrogen (secondary N) is 2. The van der Waals surface area contributed by atoms with Crippen molar-refractivity contribution >= 4 is 35.7 Å². The highest BCUT2D eigenvalue weighted by molar-refractivity contribution is 6.29. The molecule has 0 bridgehead atoms. The van der Waals surface area contributed by atoms with Gasteiger partial charge in [0.25, 0.3) is 0 Å². The van der Waals surface area contributed by atoms with Crippen molar-refractivity contribution in [1.82, 2.24) is 10.2 Å². The van der Waals surface area contributed by atoms with Gasteiger partial charge in [-0.1, -0.05) is 11.6 Å². The van der Waals surface area contributed by atoms with E-state index < -0.39 is 6.04 Å². The molecule has 1 amide bonds. The van der Waals surface area contributed by atoms with E-state index in [1.807, 2.05) is 0 Å². The Hall–Kier alpha value is -0.820. The number of aromatic amines is 1. The topological polar surface area (TPSA) is 93.0 Å². The number of hydrogen-bond donors (Lipinski definition) is 3. The normalized spacial score (nSPS) is 11.7. The van der Waals surface area contributed by atoms with Crippen LogP contribution >= 0.6 is 24.0 Å². The molecule has 0 aliphatic heterocycles. The van der Waals surface area contributed by atoms with Gasteiger partial charge in [0.15, 0.2) is 5.82 Å². The molecule has 0 aliphatic rings. The van der Waals surface area contributed by atoms with Crippen LogP contribution in [0.5, 0.6) is 0 Å². The van der Waals surface area contributed by atoms with Crippen molar-refractivity contribution in [3.05, 3.63) is 11.2 Å². The maximum atomic E-state index is 11.3. The number of carbonyl (C=O) groups excluding carboxylic acids is 1. The lowest BCUT2D eigenvalue weighted by atomic mass is 10.3. The molecule has 8 heteroatoms. The number of anilines is 1. The zero-order valence-electron chi connectivity index (χ0n) is 7.99. The van der Waals surface area contributed by atoms with Crippen molar-refractivity contribution in [2.24, 2.45) is 5.73 Å². The predicted molar refractivity (Wildman–Crippen MR) is 59.3 cm³/mol. The van der Waals surface area contributed by atoms with Crippen LogP contribution in [0.3, 0.4) is 0 Å². The second-order valence-electron chi connectivity index (χ2n) is 2.65. The summed E-state index contributed by atoms with van der Waals surface area (Å²) < 4.78 is 4.73. The number of carbonyl (C=O) groups is 1. The molecule has 0 fully saturated rings. The quantitative estimate of drug-likeness (QED) is 0.725. The second-order valence-corrected chi connectivity index (χ2v) is 3.06. The summed E-state index contributed by atoms with van der Waals surface area (Å²) in [6.45, 7) is 0.157.